The molecule has 45 heavy (non-hydrogen) atoms. The first-order chi connectivity index (χ1) is 21.9. The minimum Gasteiger partial charge on any atom is -0.507 e. The van der Waals surface area contributed by atoms with Gasteiger partial charge in [0.05, 0.1) is 24.8 Å². The van der Waals surface area contributed by atoms with Gasteiger partial charge in [0.2, 0.25) is 5.13 Å². The van der Waals surface area contributed by atoms with Crippen molar-refractivity contribution >= 4 is 57.3 Å². The summed E-state index contributed by atoms with van der Waals surface area (Å²) in [6.07, 6.45) is 3.89. The molecule has 4 aromatic rings. The van der Waals surface area contributed by atoms with Crippen molar-refractivity contribution in [3.63, 3.8) is 0 Å². The van der Waals surface area contributed by atoms with Gasteiger partial charge in [0.25, 0.3) is 5.78 Å². The van der Waals surface area contributed by atoms with Crippen molar-refractivity contribution in [1.82, 2.24) is 10.2 Å². The van der Waals surface area contributed by atoms with E-state index in [-0.39, 0.29) is 16.5 Å². The SMILES string of the molecule is CCCCOc1ccc(/C(O)=C2/C(=O)C(=O)N(c3nnc(SCc4ccccc4Cl)s3)C2c2ccc(OCCCC)cc2)cc1. The molecule has 0 radical (unpaired) electrons. The van der Waals surface area contributed by atoms with Crippen LogP contribution in [0.5, 0.6) is 11.5 Å². The molecule has 0 bridgehead atoms. The minimum absolute atomic E-state index is 0.0280. The summed E-state index contributed by atoms with van der Waals surface area (Å²) in [6.45, 7) is 5.36. The van der Waals surface area contributed by atoms with E-state index in [9.17, 15) is 14.7 Å². The van der Waals surface area contributed by atoms with Gasteiger partial charge < -0.3 is 14.6 Å². The maximum absolute atomic E-state index is 13.6. The lowest BCUT2D eigenvalue weighted by atomic mass is 9.95. The predicted molar refractivity (Wildman–Crippen MR) is 179 cm³/mol. The number of anilines is 1. The first-order valence-corrected chi connectivity index (χ1v) is 17.1. The molecule has 1 N–H and O–H groups in total. The quantitative estimate of drug-likeness (QED) is 0.0358. The fourth-order valence-electron chi connectivity index (χ4n) is 4.74. The number of unbranched alkanes of at least 4 members (excludes halogenated alkanes) is 2. The van der Waals surface area contributed by atoms with E-state index in [2.05, 4.69) is 24.0 Å². The molecular formula is C34H34ClN3O5S2. The highest BCUT2D eigenvalue weighted by molar-refractivity contribution is 8.00. The number of hydrogen-bond donors (Lipinski definition) is 1. The van der Waals surface area contributed by atoms with E-state index in [0.29, 0.717) is 51.0 Å². The van der Waals surface area contributed by atoms with Crippen LogP contribution in [0.1, 0.15) is 62.3 Å². The summed E-state index contributed by atoms with van der Waals surface area (Å²) in [5.41, 5.74) is 1.94. The molecule has 1 fully saturated rings. The molecule has 234 valence electrons. The van der Waals surface area contributed by atoms with E-state index in [4.69, 9.17) is 21.1 Å². The van der Waals surface area contributed by atoms with Crippen molar-refractivity contribution in [2.45, 2.75) is 55.7 Å². The Morgan fingerprint density at radius 2 is 1.53 bits per heavy atom. The molecule has 0 aliphatic carbocycles. The molecule has 5 rings (SSSR count). The summed E-state index contributed by atoms with van der Waals surface area (Å²) in [5.74, 6) is 0.0341. The molecule has 1 aromatic heterocycles. The molecule has 11 heteroatoms. The zero-order valence-electron chi connectivity index (χ0n) is 25.1. The Labute approximate surface area is 276 Å². The number of amides is 1. The number of aliphatic hydroxyl groups is 1. The fourth-order valence-corrected chi connectivity index (χ4v) is 6.89. The van der Waals surface area contributed by atoms with Gasteiger partial charge in [-0.2, -0.15) is 0 Å². The van der Waals surface area contributed by atoms with Gasteiger partial charge in [-0.1, -0.05) is 91.7 Å². The number of thioether (sulfide) groups is 1. The van der Waals surface area contributed by atoms with E-state index in [0.717, 1.165) is 31.2 Å². The van der Waals surface area contributed by atoms with Crippen molar-refractivity contribution in [1.29, 1.82) is 0 Å². The zero-order chi connectivity index (χ0) is 31.8. The average Bonchev–Trinajstić information content (AvgIpc) is 3.63. The van der Waals surface area contributed by atoms with Crippen LogP contribution in [0, 0.1) is 0 Å². The number of ketones is 1. The topological polar surface area (TPSA) is 102 Å². The lowest BCUT2D eigenvalue weighted by Crippen LogP contribution is -2.29. The second-order valence-corrected chi connectivity index (χ2v) is 13.0. The van der Waals surface area contributed by atoms with E-state index < -0.39 is 17.7 Å². The van der Waals surface area contributed by atoms with Crippen LogP contribution in [-0.2, 0) is 15.3 Å². The first kappa shape index (κ1) is 32.5. The smallest absolute Gasteiger partial charge is 0.301 e. The number of rotatable bonds is 14. The molecule has 8 nitrogen and oxygen atoms in total. The molecule has 1 aliphatic heterocycles. The van der Waals surface area contributed by atoms with Gasteiger partial charge >= 0.3 is 5.91 Å². The average molecular weight is 664 g/mol. The van der Waals surface area contributed by atoms with Crippen molar-refractivity contribution < 1.29 is 24.2 Å². The van der Waals surface area contributed by atoms with Crippen LogP contribution in [0.15, 0.2) is 82.7 Å². The largest absolute Gasteiger partial charge is 0.507 e. The summed E-state index contributed by atoms with van der Waals surface area (Å²) in [4.78, 5) is 28.5. The van der Waals surface area contributed by atoms with Crippen LogP contribution in [-0.4, -0.2) is 40.2 Å². The number of aromatic nitrogens is 2. The third kappa shape index (κ3) is 7.69. The zero-order valence-corrected chi connectivity index (χ0v) is 27.5. The normalized spacial score (nSPS) is 15.9. The maximum atomic E-state index is 13.6. The number of nitrogens with zero attached hydrogens (tertiary/aromatic N) is 3. The predicted octanol–water partition coefficient (Wildman–Crippen LogP) is 8.47. The Hall–Kier alpha value is -3.86. The number of aliphatic hydroxyl groups excluding tert-OH is 1. The van der Waals surface area contributed by atoms with E-state index in [1.165, 1.54) is 28.0 Å². The standard InChI is InChI=1S/C34H34ClN3O5S2/c1-3-5-19-42-25-15-11-22(12-16-25)29-28(30(39)23-13-17-26(18-14-23)43-20-6-4-2)31(40)32(41)38(29)33-36-37-34(45-33)44-21-24-9-7-8-10-27(24)35/h7-18,29,39H,3-6,19-21H2,1-2H3/b30-28-. The number of hydrogen-bond acceptors (Lipinski definition) is 9. The monoisotopic (exact) mass is 663 g/mol. The summed E-state index contributed by atoms with van der Waals surface area (Å²) in [5, 5.41) is 21.0. The molecule has 1 aliphatic rings. The minimum atomic E-state index is -0.926. The number of Topliss-reactive ketones (excluding diaryl/α,β-unsaturated/α-hetero) is 1. The summed E-state index contributed by atoms with van der Waals surface area (Å²) < 4.78 is 12.2. The van der Waals surface area contributed by atoms with E-state index in [1.807, 2.05) is 24.3 Å². The number of carbonyl (C=O) groups is 2. The highest BCUT2D eigenvalue weighted by Gasteiger charge is 2.48. The Morgan fingerprint density at radius 1 is 0.911 bits per heavy atom. The van der Waals surface area contributed by atoms with Crippen LogP contribution < -0.4 is 14.4 Å². The van der Waals surface area contributed by atoms with Gasteiger partial charge in [-0.15, -0.1) is 10.2 Å². The molecule has 1 atom stereocenters. The summed E-state index contributed by atoms with van der Waals surface area (Å²) in [6, 6.07) is 20.7. The Bertz CT molecular complexity index is 1660. The van der Waals surface area contributed by atoms with Gasteiger partial charge in [-0.25, -0.2) is 0 Å². The van der Waals surface area contributed by atoms with Crippen LogP contribution in [0.25, 0.3) is 5.76 Å². The molecule has 1 unspecified atom stereocenters. The van der Waals surface area contributed by atoms with Gasteiger partial charge in [-0.05, 0) is 66.4 Å². The van der Waals surface area contributed by atoms with Crippen molar-refractivity contribution in [3.05, 3.63) is 100 Å². The Morgan fingerprint density at radius 3 is 2.16 bits per heavy atom. The lowest BCUT2D eigenvalue weighted by molar-refractivity contribution is -0.132. The molecule has 1 saturated heterocycles. The Kier molecular flexibility index (Phi) is 11.2. The molecular weight excluding hydrogens is 630 g/mol. The van der Waals surface area contributed by atoms with Gasteiger partial charge in [0.1, 0.15) is 17.3 Å². The molecule has 0 saturated carbocycles. The Balaban J connectivity index is 1.48. The number of halogens is 1. The second kappa shape index (κ2) is 15.4. The number of carbonyl (C=O) groups excluding carboxylic acids is 2. The maximum Gasteiger partial charge on any atom is 0.301 e. The lowest BCUT2D eigenvalue weighted by Gasteiger charge is -2.22. The van der Waals surface area contributed by atoms with Crippen molar-refractivity contribution in [3.8, 4) is 11.5 Å². The summed E-state index contributed by atoms with van der Waals surface area (Å²) in [7, 11) is 0. The van der Waals surface area contributed by atoms with Crippen molar-refractivity contribution in [2.75, 3.05) is 18.1 Å². The number of ether oxygens (including phenoxy) is 2. The highest BCUT2D eigenvalue weighted by atomic mass is 35.5. The van der Waals surface area contributed by atoms with Crippen molar-refractivity contribution in [2.24, 2.45) is 0 Å². The third-order valence-electron chi connectivity index (χ3n) is 7.21. The highest BCUT2D eigenvalue weighted by Crippen LogP contribution is 2.44. The van der Waals surface area contributed by atoms with Gasteiger partial charge in [0.15, 0.2) is 4.34 Å². The van der Waals surface area contributed by atoms with Crippen LogP contribution >= 0.6 is 34.7 Å². The van der Waals surface area contributed by atoms with Gasteiger partial charge in [0, 0.05) is 16.3 Å². The van der Waals surface area contributed by atoms with E-state index in [1.54, 1.807) is 48.5 Å². The number of benzene rings is 3. The first-order valence-electron chi connectivity index (χ1n) is 14.9. The fraction of sp³-hybridized carbons (Fsp3) is 0.294. The van der Waals surface area contributed by atoms with Crippen LogP contribution in [0.3, 0.4) is 0 Å². The van der Waals surface area contributed by atoms with Crippen LogP contribution in [0.2, 0.25) is 5.02 Å². The van der Waals surface area contributed by atoms with Gasteiger partial charge in [-0.3, -0.25) is 14.5 Å². The second-order valence-electron chi connectivity index (χ2n) is 10.4. The van der Waals surface area contributed by atoms with Crippen LogP contribution in [0.4, 0.5) is 5.13 Å². The molecule has 3 aromatic carbocycles. The molecule has 2 heterocycles. The third-order valence-corrected chi connectivity index (χ3v) is 9.69. The molecule has 1 amide bonds. The van der Waals surface area contributed by atoms with E-state index >= 15 is 0 Å². The molecule has 0 spiro atoms. The summed E-state index contributed by atoms with van der Waals surface area (Å²) >= 11 is 8.96.